The molecular weight excluding hydrogens is 295 g/mol. The fourth-order valence-electron chi connectivity index (χ4n) is 3.19. The number of nitrogens with one attached hydrogen (secondary N) is 2. The summed E-state index contributed by atoms with van der Waals surface area (Å²) in [5, 5.41) is 10.6. The summed E-state index contributed by atoms with van der Waals surface area (Å²) in [6.45, 7) is 3.83. The second-order valence-corrected chi connectivity index (χ2v) is 6.55. The van der Waals surface area contributed by atoms with Gasteiger partial charge in [-0.25, -0.2) is 9.07 Å². The van der Waals surface area contributed by atoms with Gasteiger partial charge in [0.15, 0.2) is 0 Å². The van der Waals surface area contributed by atoms with Gasteiger partial charge in [0.05, 0.1) is 6.20 Å². The van der Waals surface area contributed by atoms with E-state index in [9.17, 15) is 9.18 Å². The van der Waals surface area contributed by atoms with E-state index >= 15 is 0 Å². The first-order chi connectivity index (χ1) is 11.1. The molecule has 120 valence electrons. The number of anilines is 1. The van der Waals surface area contributed by atoms with Crippen LogP contribution in [0.15, 0.2) is 30.5 Å². The minimum Gasteiger partial charge on any atom is -0.369 e. The Morgan fingerprint density at radius 1 is 1.39 bits per heavy atom. The molecular formula is C17H19FN4O. The van der Waals surface area contributed by atoms with Crippen LogP contribution in [-0.4, -0.2) is 28.3 Å². The first kappa shape index (κ1) is 14.2. The van der Waals surface area contributed by atoms with Gasteiger partial charge in [-0.2, -0.15) is 5.10 Å². The third kappa shape index (κ3) is 2.69. The van der Waals surface area contributed by atoms with Crippen molar-refractivity contribution in [2.45, 2.75) is 31.8 Å². The molecule has 2 aliphatic rings. The number of halogens is 1. The van der Waals surface area contributed by atoms with Crippen molar-refractivity contribution < 1.29 is 9.18 Å². The normalized spacial score (nSPS) is 25.4. The van der Waals surface area contributed by atoms with E-state index in [0.717, 1.165) is 30.9 Å². The van der Waals surface area contributed by atoms with E-state index in [1.165, 1.54) is 12.1 Å². The van der Waals surface area contributed by atoms with Crippen molar-refractivity contribution in [1.29, 1.82) is 0 Å². The second kappa shape index (κ2) is 5.37. The molecule has 1 aliphatic heterocycles. The van der Waals surface area contributed by atoms with Crippen molar-refractivity contribution >= 4 is 11.7 Å². The molecule has 1 amide bonds. The fourth-order valence-corrected chi connectivity index (χ4v) is 3.19. The molecule has 6 heteroatoms. The molecule has 0 spiro atoms. The van der Waals surface area contributed by atoms with Gasteiger partial charge < -0.3 is 10.6 Å². The summed E-state index contributed by atoms with van der Waals surface area (Å²) in [6.07, 6.45) is 2.52. The van der Waals surface area contributed by atoms with Crippen LogP contribution in [0.3, 0.4) is 0 Å². The summed E-state index contributed by atoms with van der Waals surface area (Å²) in [6, 6.07) is 6.62. The van der Waals surface area contributed by atoms with Gasteiger partial charge in [0.1, 0.15) is 17.2 Å². The first-order valence-electron chi connectivity index (χ1n) is 7.98. The summed E-state index contributed by atoms with van der Waals surface area (Å²) in [5.41, 5.74) is 1.67. The standard InChI is InChI=1S/C17H19FN4O/c1-10-7-19-16-14(8-20-22(16)9-10)17(23)21-15-6-13(15)11-2-4-12(18)5-3-11/h2-5,8,10,13,15,19H,6-7,9H2,1H3,(H,21,23)/t10?,13-,15+/m0/s1. The number of carbonyl (C=O) groups is 1. The Kier molecular flexibility index (Phi) is 3.32. The second-order valence-electron chi connectivity index (χ2n) is 6.55. The Labute approximate surface area is 133 Å². The van der Waals surface area contributed by atoms with Crippen LogP contribution in [0.1, 0.15) is 35.2 Å². The quantitative estimate of drug-likeness (QED) is 0.914. The van der Waals surface area contributed by atoms with Gasteiger partial charge in [-0.15, -0.1) is 0 Å². The number of rotatable bonds is 3. The van der Waals surface area contributed by atoms with Crippen LogP contribution < -0.4 is 10.6 Å². The Hall–Kier alpha value is -2.37. The van der Waals surface area contributed by atoms with Crippen LogP contribution in [0.2, 0.25) is 0 Å². The predicted molar refractivity (Wildman–Crippen MR) is 84.9 cm³/mol. The monoisotopic (exact) mass is 314 g/mol. The van der Waals surface area contributed by atoms with Gasteiger partial charge in [0.25, 0.3) is 5.91 Å². The maximum absolute atomic E-state index is 13.0. The number of fused-ring (bicyclic) bond motifs is 1. The first-order valence-corrected chi connectivity index (χ1v) is 7.98. The average molecular weight is 314 g/mol. The van der Waals surface area contributed by atoms with E-state index in [0.29, 0.717) is 11.5 Å². The highest BCUT2D eigenvalue weighted by Crippen LogP contribution is 2.41. The van der Waals surface area contributed by atoms with Crippen LogP contribution >= 0.6 is 0 Å². The molecule has 2 aromatic rings. The van der Waals surface area contributed by atoms with Crippen molar-refractivity contribution in [3.63, 3.8) is 0 Å². The average Bonchev–Trinajstić information content (AvgIpc) is 3.16. The lowest BCUT2D eigenvalue weighted by atomic mass is 10.1. The SMILES string of the molecule is CC1CNc2c(C(=O)N[C@@H]3C[C@H]3c3ccc(F)cc3)cnn2C1. The summed E-state index contributed by atoms with van der Waals surface area (Å²) < 4.78 is 14.8. The molecule has 1 aromatic heterocycles. The molecule has 23 heavy (non-hydrogen) atoms. The zero-order valence-electron chi connectivity index (χ0n) is 12.9. The number of amides is 1. The number of carbonyl (C=O) groups excluding carboxylic acids is 1. The van der Waals surface area contributed by atoms with E-state index in [1.807, 2.05) is 4.68 Å². The van der Waals surface area contributed by atoms with Crippen LogP contribution in [0.5, 0.6) is 0 Å². The lowest BCUT2D eigenvalue weighted by Crippen LogP contribution is -2.30. The highest BCUT2D eigenvalue weighted by atomic mass is 19.1. The molecule has 1 unspecified atom stereocenters. The highest BCUT2D eigenvalue weighted by Gasteiger charge is 2.40. The van der Waals surface area contributed by atoms with Gasteiger partial charge in [-0.3, -0.25) is 4.79 Å². The van der Waals surface area contributed by atoms with E-state index in [1.54, 1.807) is 18.3 Å². The zero-order chi connectivity index (χ0) is 16.0. The number of benzene rings is 1. The van der Waals surface area contributed by atoms with Crippen molar-refractivity contribution in [2.75, 3.05) is 11.9 Å². The maximum Gasteiger partial charge on any atom is 0.256 e. The largest absolute Gasteiger partial charge is 0.369 e. The van der Waals surface area contributed by atoms with Crippen molar-refractivity contribution in [2.24, 2.45) is 5.92 Å². The van der Waals surface area contributed by atoms with E-state index in [2.05, 4.69) is 22.7 Å². The van der Waals surface area contributed by atoms with Gasteiger partial charge in [0, 0.05) is 25.0 Å². The molecule has 4 rings (SSSR count). The summed E-state index contributed by atoms with van der Waals surface area (Å²) in [4.78, 5) is 12.5. The highest BCUT2D eigenvalue weighted by molar-refractivity contribution is 5.99. The van der Waals surface area contributed by atoms with E-state index in [-0.39, 0.29) is 23.7 Å². The molecule has 1 aliphatic carbocycles. The van der Waals surface area contributed by atoms with Crippen LogP contribution in [-0.2, 0) is 6.54 Å². The van der Waals surface area contributed by atoms with Crippen molar-refractivity contribution in [3.05, 3.63) is 47.4 Å². The predicted octanol–water partition coefficient (Wildman–Crippen LogP) is 2.37. The molecule has 1 aromatic carbocycles. The lowest BCUT2D eigenvalue weighted by Gasteiger charge is -2.22. The zero-order valence-corrected chi connectivity index (χ0v) is 12.9. The van der Waals surface area contributed by atoms with Crippen LogP contribution in [0.4, 0.5) is 10.2 Å². The Morgan fingerprint density at radius 2 is 2.17 bits per heavy atom. The number of hydrogen-bond acceptors (Lipinski definition) is 3. The molecule has 1 fully saturated rings. The van der Waals surface area contributed by atoms with E-state index in [4.69, 9.17) is 0 Å². The molecule has 0 radical (unpaired) electrons. The number of aromatic nitrogens is 2. The molecule has 0 bridgehead atoms. The summed E-state index contributed by atoms with van der Waals surface area (Å²) in [7, 11) is 0. The molecule has 2 N–H and O–H groups in total. The third-order valence-corrected chi connectivity index (χ3v) is 4.59. The summed E-state index contributed by atoms with van der Waals surface area (Å²) in [5.74, 6) is 1.26. The van der Waals surface area contributed by atoms with Gasteiger partial charge in [-0.1, -0.05) is 19.1 Å². The molecule has 1 saturated carbocycles. The number of nitrogens with zero attached hydrogens (tertiary/aromatic N) is 2. The van der Waals surface area contributed by atoms with Gasteiger partial charge >= 0.3 is 0 Å². The van der Waals surface area contributed by atoms with Crippen molar-refractivity contribution in [1.82, 2.24) is 15.1 Å². The van der Waals surface area contributed by atoms with E-state index < -0.39 is 0 Å². The summed E-state index contributed by atoms with van der Waals surface area (Å²) >= 11 is 0. The topological polar surface area (TPSA) is 59.0 Å². The Bertz CT molecular complexity index is 740. The Balaban J connectivity index is 1.43. The minimum atomic E-state index is -0.234. The lowest BCUT2D eigenvalue weighted by molar-refractivity contribution is 0.0951. The fraction of sp³-hybridized carbons (Fsp3) is 0.412. The van der Waals surface area contributed by atoms with Gasteiger partial charge in [0.2, 0.25) is 0 Å². The minimum absolute atomic E-state index is 0.0945. The third-order valence-electron chi connectivity index (χ3n) is 4.59. The molecule has 3 atom stereocenters. The molecule has 2 heterocycles. The number of hydrogen-bond donors (Lipinski definition) is 2. The van der Waals surface area contributed by atoms with Crippen molar-refractivity contribution in [3.8, 4) is 0 Å². The van der Waals surface area contributed by atoms with Crippen LogP contribution in [0, 0.1) is 11.7 Å². The Morgan fingerprint density at radius 3 is 2.96 bits per heavy atom. The van der Waals surface area contributed by atoms with Crippen LogP contribution in [0.25, 0.3) is 0 Å². The maximum atomic E-state index is 13.0. The molecule has 0 saturated heterocycles. The molecule has 5 nitrogen and oxygen atoms in total. The van der Waals surface area contributed by atoms with Gasteiger partial charge in [-0.05, 0) is 30.0 Å². The smallest absolute Gasteiger partial charge is 0.256 e.